The fraction of sp³-hybridized carbons (Fsp3) is 0.250. The van der Waals surface area contributed by atoms with Crippen LogP contribution in [-0.4, -0.2) is 0 Å². The number of benzene rings is 1. The van der Waals surface area contributed by atoms with E-state index >= 15 is 0 Å². The minimum Gasteiger partial charge on any atom is -0.356 e. The minimum atomic E-state index is 0. The van der Waals surface area contributed by atoms with E-state index in [9.17, 15) is 0 Å². The Kier molecular flexibility index (Phi) is 190. The summed E-state index contributed by atoms with van der Waals surface area (Å²) in [6.45, 7) is 4.02. The first kappa shape index (κ1) is 69.8. The molecule has 1 aromatic carbocycles. The summed E-state index contributed by atoms with van der Waals surface area (Å²) in [4.78, 5) is 0. The Balaban J connectivity index is -0.00000000646. The summed E-state index contributed by atoms with van der Waals surface area (Å²) < 4.78 is 0. The first-order valence-electron chi connectivity index (χ1n) is 2.65. The second kappa shape index (κ2) is 51.8. The van der Waals surface area contributed by atoms with Gasteiger partial charge in [0.15, 0.2) is 0 Å². The van der Waals surface area contributed by atoms with Crippen LogP contribution in [0.5, 0.6) is 0 Å². The van der Waals surface area contributed by atoms with Crippen LogP contribution in [0.25, 0.3) is 0 Å². The smallest absolute Gasteiger partial charge is 0 e. The Morgan fingerprint density at radius 3 is 0.895 bits per heavy atom. The van der Waals surface area contributed by atoms with Crippen LogP contribution in [0, 0.1) is 26.0 Å². The van der Waals surface area contributed by atoms with Crippen molar-refractivity contribution in [2.24, 2.45) is 0 Å². The summed E-state index contributed by atoms with van der Waals surface area (Å²) in [7, 11) is 0. The molecule has 0 aliphatic carbocycles. The normalized spacial score (nSPS) is 3.89. The van der Waals surface area contributed by atoms with Crippen LogP contribution < -0.4 is 0 Å². The Morgan fingerprint density at radius 2 is 0.737 bits per heavy atom. The molecule has 0 nitrogen and oxygen atoms in total. The molecule has 0 spiro atoms. The second-order valence-electron chi connectivity index (χ2n) is 1.95. The Bertz CT molecular complexity index is 158. The third kappa shape index (κ3) is 48.2. The van der Waals surface area contributed by atoms with Gasteiger partial charge in [0.05, 0.1) is 0 Å². The molecular weight excluding hydrogens is 1070 g/mol. The van der Waals surface area contributed by atoms with Crippen LogP contribution in [0.2, 0.25) is 0 Å². The van der Waals surface area contributed by atoms with Gasteiger partial charge in [-0.3, -0.25) is 23.3 Å². The largest absolute Gasteiger partial charge is 0.356 e. The van der Waals surface area contributed by atoms with E-state index in [1.165, 1.54) is 5.56 Å². The average molecular weight is 1080 g/mol. The second-order valence-corrected chi connectivity index (χ2v) is 1.95. The summed E-state index contributed by atoms with van der Waals surface area (Å²) in [5.74, 6) is 0. The Labute approximate surface area is 395 Å². The molecule has 0 saturated carbocycles. The zero-order valence-corrected chi connectivity index (χ0v) is 42.7. The predicted octanol–water partition coefficient (Wildman–Crippen LogP) is 1.88. The Morgan fingerprint density at radius 1 is 0.526 bits per heavy atom. The van der Waals surface area contributed by atoms with E-state index in [1.807, 2.05) is 26.0 Å². The van der Waals surface area contributed by atoms with E-state index < -0.39 is 0 Å². The molecule has 0 N–H and O–H groups in total. The summed E-state index contributed by atoms with van der Waals surface area (Å²) in [5, 5.41) is 0. The standard InChI is InChI=1S/C8H8.11Y/c1-7-3-5-8(2)6-4-7;;;;;;;;;;;/h3-4H,1-2H3;;;;;;;;;;;/q-2;;;;;;;;;;;. The predicted molar refractivity (Wildman–Crippen MR) is 33.6 cm³/mol. The zero-order chi connectivity index (χ0) is 5.98. The molecule has 0 bridgehead atoms. The first-order chi connectivity index (χ1) is 3.79. The van der Waals surface area contributed by atoms with Gasteiger partial charge in [-0.2, -0.15) is 0 Å². The van der Waals surface area contributed by atoms with E-state index in [4.69, 9.17) is 0 Å². The van der Waals surface area contributed by atoms with Gasteiger partial charge in [0.2, 0.25) is 0 Å². The van der Waals surface area contributed by atoms with Gasteiger partial charge >= 0.3 is 0 Å². The van der Waals surface area contributed by atoms with Gasteiger partial charge in [-0.05, 0) is 0 Å². The molecule has 0 aromatic heterocycles. The van der Waals surface area contributed by atoms with Crippen LogP contribution >= 0.6 is 0 Å². The molecule has 0 aliphatic heterocycles. The maximum atomic E-state index is 3.04. The van der Waals surface area contributed by atoms with E-state index in [2.05, 4.69) is 12.1 Å². The van der Waals surface area contributed by atoms with Gasteiger partial charge < -0.3 is 12.1 Å². The maximum Gasteiger partial charge on any atom is 0 e. The molecule has 0 aliphatic rings. The topological polar surface area (TPSA) is 0 Å². The molecule has 75 valence electrons. The van der Waals surface area contributed by atoms with Gasteiger partial charge in [0.1, 0.15) is 0 Å². The summed E-state index contributed by atoms with van der Waals surface area (Å²) in [6.07, 6.45) is 0. The molecule has 0 amide bonds. The zero-order valence-electron chi connectivity index (χ0n) is 11.5. The number of rotatable bonds is 0. The van der Waals surface area contributed by atoms with Crippen molar-refractivity contribution in [3.63, 3.8) is 0 Å². The van der Waals surface area contributed by atoms with E-state index in [0.717, 1.165) is 5.56 Å². The van der Waals surface area contributed by atoms with Crippen LogP contribution in [0.1, 0.15) is 11.1 Å². The molecule has 0 saturated heterocycles. The van der Waals surface area contributed by atoms with Gasteiger partial charge in [-0.15, -0.1) is 6.92 Å². The fourth-order valence-corrected chi connectivity index (χ4v) is 0.528. The molecular formula is C8H8Y11-2. The van der Waals surface area contributed by atoms with Crippen molar-refractivity contribution >= 4 is 0 Å². The molecule has 1 aromatic rings. The summed E-state index contributed by atoms with van der Waals surface area (Å²) in [6, 6.07) is 10.0. The van der Waals surface area contributed by atoms with Crippen molar-refractivity contribution in [3.8, 4) is 0 Å². The van der Waals surface area contributed by atoms with Crippen LogP contribution in [0.15, 0.2) is 12.1 Å². The van der Waals surface area contributed by atoms with Crippen molar-refractivity contribution in [3.05, 3.63) is 35.4 Å². The molecule has 11 heteroatoms. The molecule has 0 atom stereocenters. The van der Waals surface area contributed by atoms with Crippen molar-refractivity contribution in [1.29, 1.82) is 0 Å². The molecule has 0 unspecified atom stereocenters. The van der Waals surface area contributed by atoms with Crippen molar-refractivity contribution in [1.82, 2.24) is 0 Å². The number of hydrogen-bond acceptors (Lipinski definition) is 0. The molecule has 11 radical (unpaired) electrons. The third-order valence-electron chi connectivity index (χ3n) is 1.03. The van der Waals surface area contributed by atoms with E-state index in [1.54, 1.807) is 0 Å². The van der Waals surface area contributed by atoms with Gasteiger partial charge in [-0.25, -0.2) is 0 Å². The van der Waals surface area contributed by atoms with Crippen molar-refractivity contribution < 1.29 is 360 Å². The molecule has 0 heterocycles. The van der Waals surface area contributed by atoms with E-state index in [-0.39, 0.29) is 360 Å². The molecule has 0 fully saturated rings. The van der Waals surface area contributed by atoms with Crippen molar-refractivity contribution in [2.75, 3.05) is 0 Å². The average Bonchev–Trinajstić information content (AvgIpc) is 1.77. The summed E-state index contributed by atoms with van der Waals surface area (Å²) >= 11 is 0. The first-order valence-corrected chi connectivity index (χ1v) is 2.65. The van der Waals surface area contributed by atoms with Gasteiger partial charge in [-0.1, -0.05) is 6.92 Å². The Hall–Kier alpha value is 11.4. The van der Waals surface area contributed by atoms with Crippen LogP contribution in [-0.2, 0) is 360 Å². The van der Waals surface area contributed by atoms with Gasteiger partial charge in [0, 0.05) is 360 Å². The number of hydrogen-bond donors (Lipinski definition) is 0. The maximum absolute atomic E-state index is 3.04. The SMILES string of the molecule is Cc1[c-]cc(C)c[c-]1.[Y].[Y].[Y].[Y].[Y].[Y].[Y].[Y].[Y].[Y].[Y]. The third-order valence-corrected chi connectivity index (χ3v) is 1.03. The minimum absolute atomic E-state index is 0. The summed E-state index contributed by atoms with van der Waals surface area (Å²) in [5.41, 5.74) is 2.30. The van der Waals surface area contributed by atoms with Gasteiger partial charge in [0.25, 0.3) is 0 Å². The van der Waals surface area contributed by atoms with Crippen LogP contribution in [0.4, 0.5) is 0 Å². The fourth-order valence-electron chi connectivity index (χ4n) is 0.528. The van der Waals surface area contributed by atoms with Crippen LogP contribution in [0.3, 0.4) is 0 Å². The van der Waals surface area contributed by atoms with E-state index in [0.29, 0.717) is 0 Å². The van der Waals surface area contributed by atoms with Crippen molar-refractivity contribution in [2.45, 2.75) is 13.8 Å². The quantitative estimate of drug-likeness (QED) is 0.349. The number of aryl methyl sites for hydroxylation is 2. The molecule has 1 rings (SSSR count). The molecule has 19 heavy (non-hydrogen) atoms. The monoisotopic (exact) mass is 1080 g/mol.